The van der Waals surface area contributed by atoms with Gasteiger partial charge in [-0.3, -0.25) is 14.5 Å². The Morgan fingerprint density at radius 2 is 1.79 bits per heavy atom. The number of carbonyl (C=O) groups excluding carboxylic acids is 3. The quantitative estimate of drug-likeness (QED) is 0.789. The molecule has 0 spiro atoms. The Kier molecular flexibility index (Phi) is 5.61. The maximum atomic E-state index is 13.1. The van der Waals surface area contributed by atoms with Gasteiger partial charge in [0.05, 0.1) is 12.5 Å². The number of hydrogen-bond acceptors (Lipinski definition) is 3. The third-order valence-electron chi connectivity index (χ3n) is 6.86. The molecule has 1 N–H and O–H groups in total. The first-order chi connectivity index (χ1) is 14.0. The Balaban J connectivity index is 1.43. The van der Waals surface area contributed by atoms with Crippen molar-refractivity contribution >= 4 is 17.8 Å². The highest BCUT2D eigenvalue weighted by Gasteiger charge is 2.44. The van der Waals surface area contributed by atoms with Crippen LogP contribution in [0.5, 0.6) is 0 Å². The van der Waals surface area contributed by atoms with Crippen LogP contribution in [0, 0.1) is 13.8 Å². The van der Waals surface area contributed by atoms with Crippen LogP contribution in [0.4, 0.5) is 4.79 Å². The molecule has 6 heteroatoms. The first-order valence-electron chi connectivity index (χ1n) is 11.0. The zero-order valence-electron chi connectivity index (χ0n) is 17.4. The molecule has 4 rings (SSSR count). The molecule has 29 heavy (non-hydrogen) atoms. The van der Waals surface area contributed by atoms with Crippen molar-refractivity contribution in [3.05, 3.63) is 34.9 Å². The van der Waals surface area contributed by atoms with E-state index in [0.717, 1.165) is 50.5 Å². The van der Waals surface area contributed by atoms with Crippen molar-refractivity contribution in [2.24, 2.45) is 0 Å². The van der Waals surface area contributed by atoms with Gasteiger partial charge in [0.15, 0.2) is 0 Å². The smallest absolute Gasteiger partial charge is 0.325 e. The zero-order chi connectivity index (χ0) is 20.5. The van der Waals surface area contributed by atoms with E-state index in [1.807, 2.05) is 4.90 Å². The van der Waals surface area contributed by atoms with Gasteiger partial charge < -0.3 is 10.2 Å². The molecule has 2 atom stereocenters. The fourth-order valence-corrected chi connectivity index (χ4v) is 5.05. The molecule has 3 aliphatic rings. The van der Waals surface area contributed by atoms with Gasteiger partial charge in [0.2, 0.25) is 5.91 Å². The number of urea groups is 1. The van der Waals surface area contributed by atoms with Gasteiger partial charge in [-0.05, 0) is 56.2 Å². The summed E-state index contributed by atoms with van der Waals surface area (Å²) < 4.78 is 0. The highest BCUT2D eigenvalue weighted by Crippen LogP contribution is 2.34. The normalized spacial score (nSPS) is 25.6. The minimum Gasteiger partial charge on any atom is -0.336 e. The van der Waals surface area contributed by atoms with Crippen molar-refractivity contribution in [1.82, 2.24) is 15.1 Å². The Labute approximate surface area is 172 Å². The molecule has 156 valence electrons. The van der Waals surface area contributed by atoms with Gasteiger partial charge in [-0.25, -0.2) is 4.79 Å². The third-order valence-corrected chi connectivity index (χ3v) is 6.86. The van der Waals surface area contributed by atoms with Crippen molar-refractivity contribution in [1.29, 1.82) is 0 Å². The number of hydrogen-bond donors (Lipinski definition) is 1. The van der Waals surface area contributed by atoms with Crippen molar-refractivity contribution in [2.45, 2.75) is 83.3 Å². The average molecular weight is 398 g/mol. The summed E-state index contributed by atoms with van der Waals surface area (Å²) in [5.74, 6) is -0.271. The van der Waals surface area contributed by atoms with Crippen molar-refractivity contribution in [3.8, 4) is 0 Å². The zero-order valence-corrected chi connectivity index (χ0v) is 17.4. The van der Waals surface area contributed by atoms with E-state index in [-0.39, 0.29) is 36.3 Å². The summed E-state index contributed by atoms with van der Waals surface area (Å²) >= 11 is 0. The lowest BCUT2D eigenvalue weighted by Gasteiger charge is -2.29. The lowest BCUT2D eigenvalue weighted by molar-refractivity contribution is -0.137. The lowest BCUT2D eigenvalue weighted by Crippen LogP contribution is -2.42. The number of nitrogens with one attached hydrogen (secondary N) is 1. The number of rotatable bonds is 4. The van der Waals surface area contributed by atoms with E-state index in [4.69, 9.17) is 0 Å². The summed E-state index contributed by atoms with van der Waals surface area (Å²) in [4.78, 5) is 41.7. The van der Waals surface area contributed by atoms with Crippen LogP contribution >= 0.6 is 0 Å². The monoisotopic (exact) mass is 397 g/mol. The van der Waals surface area contributed by atoms with Crippen LogP contribution < -0.4 is 5.32 Å². The van der Waals surface area contributed by atoms with Crippen LogP contribution in [0.25, 0.3) is 0 Å². The molecule has 0 aromatic heterocycles. The van der Waals surface area contributed by atoms with E-state index < -0.39 is 6.04 Å². The van der Waals surface area contributed by atoms with Crippen LogP contribution in [-0.2, 0) is 9.59 Å². The molecular formula is C23H31N3O3. The molecule has 0 radical (unpaired) electrons. The molecule has 6 nitrogen and oxygen atoms in total. The molecule has 1 aliphatic carbocycles. The molecule has 4 amide bonds. The maximum Gasteiger partial charge on any atom is 0.325 e. The fraction of sp³-hybridized carbons (Fsp3) is 0.609. The van der Waals surface area contributed by atoms with Gasteiger partial charge in [-0.1, -0.05) is 37.5 Å². The van der Waals surface area contributed by atoms with Crippen molar-refractivity contribution in [2.75, 3.05) is 6.54 Å². The van der Waals surface area contributed by atoms with E-state index >= 15 is 0 Å². The first kappa shape index (κ1) is 19.9. The molecule has 2 aliphatic heterocycles. The lowest BCUT2D eigenvalue weighted by atomic mass is 9.94. The van der Waals surface area contributed by atoms with E-state index in [1.165, 1.54) is 16.0 Å². The second-order valence-corrected chi connectivity index (χ2v) is 8.80. The summed E-state index contributed by atoms with van der Waals surface area (Å²) in [5.41, 5.74) is 3.62. The van der Waals surface area contributed by atoms with Gasteiger partial charge in [0.25, 0.3) is 5.91 Å². The van der Waals surface area contributed by atoms with E-state index in [9.17, 15) is 14.4 Å². The average Bonchev–Trinajstić information content (AvgIpc) is 3.30. The number of aryl methyl sites for hydroxylation is 2. The van der Waals surface area contributed by atoms with Crippen molar-refractivity contribution < 1.29 is 14.4 Å². The minimum absolute atomic E-state index is 0.00794. The molecule has 0 bridgehead atoms. The predicted molar refractivity (Wildman–Crippen MR) is 110 cm³/mol. The Bertz CT molecular complexity index is 816. The summed E-state index contributed by atoms with van der Waals surface area (Å²) in [5, 5.41) is 2.77. The maximum absolute atomic E-state index is 13.1. The second-order valence-electron chi connectivity index (χ2n) is 8.80. The first-order valence-corrected chi connectivity index (χ1v) is 11.0. The number of imide groups is 1. The Hall–Kier alpha value is -2.37. The largest absolute Gasteiger partial charge is 0.336 e. The van der Waals surface area contributed by atoms with Gasteiger partial charge in [-0.15, -0.1) is 0 Å². The van der Waals surface area contributed by atoms with E-state index in [1.54, 1.807) is 0 Å². The number of amides is 4. The standard InChI is InChI=1S/C23H31N3O3/c1-15-10-11-17(13-16(15)2)20-9-6-12-25(20)21(27)14-19-22(28)26(23(29)24-19)18-7-4-3-5-8-18/h10-11,13,18-20H,3-9,12,14H2,1-2H3,(H,24,29)/t19-,20-/m1/s1. The predicted octanol–water partition coefficient (Wildman–Crippen LogP) is 3.61. The molecule has 3 fully saturated rings. The number of carbonyl (C=O) groups is 3. The number of likely N-dealkylation sites (tertiary alicyclic amines) is 1. The summed E-state index contributed by atoms with van der Waals surface area (Å²) in [6.45, 7) is 4.88. The SMILES string of the molecule is Cc1ccc([C@H]2CCCN2C(=O)C[C@H]2NC(=O)N(C3CCCCC3)C2=O)cc1C. The molecular weight excluding hydrogens is 366 g/mol. The molecule has 1 saturated carbocycles. The van der Waals surface area contributed by atoms with Gasteiger partial charge in [-0.2, -0.15) is 0 Å². The van der Waals surface area contributed by atoms with E-state index in [0.29, 0.717) is 6.54 Å². The van der Waals surface area contributed by atoms with E-state index in [2.05, 4.69) is 37.4 Å². The highest BCUT2D eigenvalue weighted by molar-refractivity contribution is 6.06. The topological polar surface area (TPSA) is 69.7 Å². The molecule has 1 aromatic rings. The van der Waals surface area contributed by atoms with Gasteiger partial charge in [0, 0.05) is 12.6 Å². The van der Waals surface area contributed by atoms with Crippen LogP contribution in [0.2, 0.25) is 0 Å². The Morgan fingerprint density at radius 3 is 2.52 bits per heavy atom. The minimum atomic E-state index is -0.724. The summed E-state index contributed by atoms with van der Waals surface area (Å²) in [6.07, 6.45) is 6.97. The summed E-state index contributed by atoms with van der Waals surface area (Å²) in [6, 6.07) is 5.37. The van der Waals surface area contributed by atoms with Crippen LogP contribution in [0.1, 0.15) is 74.1 Å². The molecule has 0 unspecified atom stereocenters. The third kappa shape index (κ3) is 3.89. The van der Waals surface area contributed by atoms with Crippen LogP contribution in [0.3, 0.4) is 0 Å². The summed E-state index contributed by atoms with van der Waals surface area (Å²) in [7, 11) is 0. The highest BCUT2D eigenvalue weighted by atomic mass is 16.2. The number of benzene rings is 1. The van der Waals surface area contributed by atoms with Gasteiger partial charge in [0.1, 0.15) is 6.04 Å². The number of nitrogens with zero attached hydrogens (tertiary/aromatic N) is 2. The van der Waals surface area contributed by atoms with Crippen LogP contribution in [-0.4, -0.2) is 46.3 Å². The molecule has 1 aromatic carbocycles. The van der Waals surface area contributed by atoms with Gasteiger partial charge >= 0.3 is 6.03 Å². The Morgan fingerprint density at radius 1 is 1.03 bits per heavy atom. The fourth-order valence-electron chi connectivity index (χ4n) is 5.05. The van der Waals surface area contributed by atoms with Crippen molar-refractivity contribution in [3.63, 3.8) is 0 Å². The molecule has 2 heterocycles. The second kappa shape index (κ2) is 8.17. The van der Waals surface area contributed by atoms with Crippen LogP contribution in [0.15, 0.2) is 18.2 Å². The molecule has 2 saturated heterocycles.